The van der Waals surface area contributed by atoms with Crippen LogP contribution < -0.4 is 0 Å². The highest BCUT2D eigenvalue weighted by Gasteiger charge is 2.60. The summed E-state index contributed by atoms with van der Waals surface area (Å²) in [5, 5.41) is 6.51. The fourth-order valence-corrected chi connectivity index (χ4v) is 5.57. The van der Waals surface area contributed by atoms with Crippen molar-refractivity contribution in [2.45, 2.75) is 44.0 Å². The van der Waals surface area contributed by atoms with Crippen molar-refractivity contribution in [3.8, 4) is 0 Å². The Labute approximate surface area is 143 Å². The molecule has 1 aliphatic carbocycles. The topological polar surface area (TPSA) is 101 Å². The van der Waals surface area contributed by atoms with E-state index in [2.05, 4.69) is 4.74 Å². The van der Waals surface area contributed by atoms with Crippen molar-refractivity contribution >= 4 is 22.0 Å². The van der Waals surface area contributed by atoms with Gasteiger partial charge in [0.25, 0.3) is 0 Å². The number of carbonyl (C=O) groups is 2. The van der Waals surface area contributed by atoms with Crippen molar-refractivity contribution in [3.05, 3.63) is 0 Å². The van der Waals surface area contributed by atoms with Crippen molar-refractivity contribution in [1.82, 2.24) is 4.31 Å². The minimum absolute atomic E-state index is 0.169. The molecule has 0 aromatic rings. The maximum absolute atomic E-state index is 13.3. The molecule has 1 saturated heterocycles. The first-order chi connectivity index (χ1) is 11.4. The summed E-state index contributed by atoms with van der Waals surface area (Å²) in [6.07, 6.45) is -5.24. The Morgan fingerprint density at radius 2 is 2.04 bits per heavy atom. The van der Waals surface area contributed by atoms with E-state index in [1.807, 2.05) is 0 Å². The van der Waals surface area contributed by atoms with Gasteiger partial charge in [0.2, 0.25) is 10.0 Å². The summed E-state index contributed by atoms with van der Waals surface area (Å²) >= 11 is 0. The molecule has 2 aliphatic rings. The van der Waals surface area contributed by atoms with Crippen LogP contribution in [-0.2, 0) is 24.3 Å². The lowest BCUT2D eigenvalue weighted by atomic mass is 9.81. The Morgan fingerprint density at radius 3 is 2.52 bits per heavy atom. The van der Waals surface area contributed by atoms with Crippen molar-refractivity contribution < 1.29 is 41.0 Å². The van der Waals surface area contributed by atoms with E-state index < -0.39 is 57.7 Å². The molecule has 1 unspecified atom stereocenters. The third-order valence-electron chi connectivity index (χ3n) is 5.01. The molecule has 11 heteroatoms. The summed E-state index contributed by atoms with van der Waals surface area (Å²) in [7, 11) is -4.94. The number of sulfonamides is 1. The first-order valence-electron chi connectivity index (χ1n) is 7.90. The van der Waals surface area contributed by atoms with Gasteiger partial charge in [-0.1, -0.05) is 6.42 Å². The van der Waals surface area contributed by atoms with E-state index in [-0.39, 0.29) is 19.6 Å². The smallest absolute Gasteiger partial charge is 0.407 e. The van der Waals surface area contributed by atoms with E-state index in [9.17, 15) is 36.3 Å². The summed E-state index contributed by atoms with van der Waals surface area (Å²) < 4.78 is 69.9. The van der Waals surface area contributed by atoms with E-state index in [0.29, 0.717) is 17.1 Å². The molecule has 0 amide bonds. The predicted octanol–water partition coefficient (Wildman–Crippen LogP) is 1.39. The van der Waals surface area contributed by atoms with Crippen LogP contribution in [0.25, 0.3) is 0 Å². The molecular weight excluding hydrogens is 367 g/mol. The molecule has 2 fully saturated rings. The number of hydrogen-bond donors (Lipinski definition) is 1. The summed E-state index contributed by atoms with van der Waals surface area (Å²) in [6, 6.07) is 0. The second-order valence-electron chi connectivity index (χ2n) is 6.43. The lowest BCUT2D eigenvalue weighted by molar-refractivity contribution is -0.155. The van der Waals surface area contributed by atoms with Gasteiger partial charge in [0, 0.05) is 13.1 Å². The summed E-state index contributed by atoms with van der Waals surface area (Å²) in [5.41, 5.74) is -1.34. The van der Waals surface area contributed by atoms with Gasteiger partial charge in [0.15, 0.2) is 5.25 Å². The third kappa shape index (κ3) is 3.62. The number of carbonyl (C=O) groups excluding carboxylic acids is 1. The van der Waals surface area contributed by atoms with Crippen LogP contribution in [0, 0.1) is 11.3 Å². The zero-order valence-corrected chi connectivity index (χ0v) is 14.4. The van der Waals surface area contributed by atoms with E-state index in [1.165, 1.54) is 6.92 Å². The average Bonchev–Trinajstić information content (AvgIpc) is 3.01. The third-order valence-corrected chi connectivity index (χ3v) is 7.16. The fraction of sp³-hybridized carbons (Fsp3) is 0.857. The Kier molecular flexibility index (Phi) is 5.39. The number of carboxylic acid groups (broad SMARTS) is 1. The van der Waals surface area contributed by atoms with Crippen LogP contribution in [0.5, 0.6) is 0 Å². The van der Waals surface area contributed by atoms with E-state index >= 15 is 0 Å². The molecule has 7 nitrogen and oxygen atoms in total. The monoisotopic (exact) mass is 387 g/mol. The zero-order chi connectivity index (χ0) is 19.0. The summed E-state index contributed by atoms with van der Waals surface area (Å²) in [6.45, 7) is 0.458. The summed E-state index contributed by atoms with van der Waals surface area (Å²) in [5.74, 6) is -2.97. The minimum Gasteiger partial charge on any atom is -0.481 e. The van der Waals surface area contributed by atoms with Gasteiger partial charge in [-0.3, -0.25) is 9.59 Å². The minimum atomic E-state index is -5.17. The molecule has 2 rings (SSSR count). The molecule has 0 spiro atoms. The molecule has 1 saturated carbocycles. The second kappa shape index (κ2) is 6.75. The van der Waals surface area contributed by atoms with Crippen LogP contribution >= 0.6 is 0 Å². The lowest BCUT2D eigenvalue weighted by Crippen LogP contribution is -2.47. The Morgan fingerprint density at radius 1 is 1.40 bits per heavy atom. The van der Waals surface area contributed by atoms with Crippen LogP contribution in [0.15, 0.2) is 0 Å². The van der Waals surface area contributed by atoms with Crippen LogP contribution in [0.2, 0.25) is 0 Å². The van der Waals surface area contributed by atoms with Gasteiger partial charge in [-0.05, 0) is 25.7 Å². The number of carboxylic acids is 1. The standard InChI is InChI=1S/C14H20F3NO6S/c1-2-24-11(19)6-10(14(15,16)17)25(22,23)18-7-9-4-3-5-13(9,8-18)12(20)21/h9-10H,2-8H2,1H3,(H,20,21)/t9-,10?,13+/m0/s1. The average molecular weight is 387 g/mol. The number of ether oxygens (including phenoxy) is 1. The van der Waals surface area contributed by atoms with Gasteiger partial charge in [0.05, 0.1) is 18.4 Å². The number of aliphatic carboxylic acids is 1. The molecule has 3 atom stereocenters. The van der Waals surface area contributed by atoms with Gasteiger partial charge in [0.1, 0.15) is 0 Å². The largest absolute Gasteiger partial charge is 0.481 e. The number of esters is 1. The van der Waals surface area contributed by atoms with Gasteiger partial charge in [-0.15, -0.1) is 0 Å². The van der Waals surface area contributed by atoms with Crippen molar-refractivity contribution in [2.24, 2.45) is 11.3 Å². The first-order valence-corrected chi connectivity index (χ1v) is 9.40. The van der Waals surface area contributed by atoms with E-state index in [0.717, 1.165) is 0 Å². The lowest BCUT2D eigenvalue weighted by Gasteiger charge is -2.27. The normalized spacial score (nSPS) is 28.6. The SMILES string of the molecule is CCOC(=O)CC(C(F)(F)F)S(=O)(=O)N1C[C@@H]2CCC[C@@]2(C(=O)O)C1. The highest BCUT2D eigenvalue weighted by atomic mass is 32.2. The molecule has 0 radical (unpaired) electrons. The summed E-state index contributed by atoms with van der Waals surface area (Å²) in [4.78, 5) is 23.0. The fourth-order valence-electron chi connectivity index (χ4n) is 3.73. The number of fused-ring (bicyclic) bond motifs is 1. The molecular formula is C14H20F3NO6S. The van der Waals surface area contributed by atoms with Crippen molar-refractivity contribution in [2.75, 3.05) is 19.7 Å². The molecule has 0 aromatic carbocycles. The Hall–Kier alpha value is -1.36. The number of nitrogens with zero attached hydrogens (tertiary/aromatic N) is 1. The maximum atomic E-state index is 13.3. The highest BCUT2D eigenvalue weighted by molar-refractivity contribution is 7.89. The molecule has 1 heterocycles. The predicted molar refractivity (Wildman–Crippen MR) is 79.0 cm³/mol. The van der Waals surface area contributed by atoms with Crippen LogP contribution in [0.1, 0.15) is 32.6 Å². The zero-order valence-electron chi connectivity index (χ0n) is 13.6. The molecule has 1 N–H and O–H groups in total. The molecule has 0 bridgehead atoms. The van der Waals surface area contributed by atoms with E-state index in [4.69, 9.17) is 0 Å². The Bertz CT molecular complexity index is 649. The highest BCUT2D eigenvalue weighted by Crippen LogP contribution is 2.50. The number of halogens is 3. The molecule has 1 aliphatic heterocycles. The van der Waals surface area contributed by atoms with Gasteiger partial charge >= 0.3 is 18.1 Å². The quantitative estimate of drug-likeness (QED) is 0.691. The molecule has 25 heavy (non-hydrogen) atoms. The number of rotatable bonds is 6. The maximum Gasteiger partial charge on any atom is 0.407 e. The van der Waals surface area contributed by atoms with E-state index in [1.54, 1.807) is 0 Å². The first kappa shape index (κ1) is 20.0. The van der Waals surface area contributed by atoms with Crippen LogP contribution in [0.4, 0.5) is 13.2 Å². The Balaban J connectivity index is 2.29. The molecule has 0 aromatic heterocycles. The number of alkyl halides is 3. The van der Waals surface area contributed by atoms with Crippen molar-refractivity contribution in [3.63, 3.8) is 0 Å². The number of hydrogen-bond acceptors (Lipinski definition) is 5. The van der Waals surface area contributed by atoms with Crippen molar-refractivity contribution in [1.29, 1.82) is 0 Å². The molecule has 144 valence electrons. The van der Waals surface area contributed by atoms with Gasteiger partial charge in [-0.2, -0.15) is 17.5 Å². The van der Waals surface area contributed by atoms with Gasteiger partial charge < -0.3 is 9.84 Å². The second-order valence-corrected chi connectivity index (χ2v) is 8.54. The van der Waals surface area contributed by atoms with Gasteiger partial charge in [-0.25, -0.2) is 8.42 Å². The van der Waals surface area contributed by atoms with Crippen LogP contribution in [-0.4, -0.2) is 60.9 Å². The van der Waals surface area contributed by atoms with Crippen LogP contribution in [0.3, 0.4) is 0 Å².